The van der Waals surface area contributed by atoms with Crippen molar-refractivity contribution in [3.05, 3.63) is 30.1 Å². The second-order valence-electron chi connectivity index (χ2n) is 5.73. The molecular formula is C17H27Br3O6P2. The van der Waals surface area contributed by atoms with Gasteiger partial charge in [-0.25, -0.2) is 0 Å². The smallest absolute Gasteiger partial charge is 0.309 e. The molecule has 0 heterocycles. The van der Waals surface area contributed by atoms with E-state index in [-0.39, 0.29) is 38.8 Å². The minimum atomic E-state index is -3.38. The zero-order chi connectivity index (χ0) is 21.5. The van der Waals surface area contributed by atoms with Gasteiger partial charge in [-0.2, -0.15) is 0 Å². The summed E-state index contributed by atoms with van der Waals surface area (Å²) >= 11 is 10.7. The first-order valence-corrected chi connectivity index (χ1v) is 14.8. The molecule has 11 heteroatoms. The molecule has 1 rings (SSSR count). The Hall–Kier alpha value is 0.960. The van der Waals surface area contributed by atoms with Crippen LogP contribution in [-0.4, -0.2) is 26.4 Å². The molecule has 0 unspecified atom stereocenters. The van der Waals surface area contributed by atoms with Gasteiger partial charge in [-0.15, -0.1) is 0 Å². The van der Waals surface area contributed by atoms with E-state index >= 15 is 0 Å². The Morgan fingerprint density at radius 3 is 1.36 bits per heavy atom. The van der Waals surface area contributed by atoms with Crippen molar-refractivity contribution in [1.29, 1.82) is 0 Å². The van der Waals surface area contributed by atoms with Gasteiger partial charge in [0.15, 0.2) is 0 Å². The number of halogens is 3. The number of rotatable bonds is 12. The molecule has 0 saturated carbocycles. The first kappa shape index (κ1) is 27.0. The predicted octanol–water partition coefficient (Wildman–Crippen LogP) is 7.81. The molecule has 0 aliphatic heterocycles. The maximum Gasteiger partial charge on any atom is 0.335 e. The molecule has 28 heavy (non-hydrogen) atoms. The second-order valence-corrected chi connectivity index (χ2v) is 12.2. The highest BCUT2D eigenvalue weighted by atomic mass is 79.9. The van der Waals surface area contributed by atoms with E-state index in [1.165, 1.54) is 0 Å². The maximum absolute atomic E-state index is 13.2. The molecule has 0 bridgehead atoms. The lowest BCUT2D eigenvalue weighted by atomic mass is 10.0. The van der Waals surface area contributed by atoms with Gasteiger partial charge in [-0.1, -0.05) is 0 Å². The molecule has 0 spiro atoms. The highest BCUT2D eigenvalue weighted by molar-refractivity contribution is 9.14. The van der Waals surface area contributed by atoms with Crippen LogP contribution >= 0.6 is 63.0 Å². The number of hydrogen-bond acceptors (Lipinski definition) is 6. The Balaban J connectivity index is 3.58. The lowest BCUT2D eigenvalue weighted by molar-refractivity contribution is 0.216. The van der Waals surface area contributed by atoms with Crippen molar-refractivity contribution in [2.24, 2.45) is 0 Å². The summed E-state index contributed by atoms with van der Waals surface area (Å²) in [5.74, 6) is 0. The topological polar surface area (TPSA) is 71.1 Å². The summed E-state index contributed by atoms with van der Waals surface area (Å²) in [5.41, 5.74) is 2.27. The fraction of sp³-hybridized carbons (Fsp3) is 0.647. The van der Waals surface area contributed by atoms with Crippen LogP contribution in [0.25, 0.3) is 0 Å². The van der Waals surface area contributed by atoms with Crippen LogP contribution in [-0.2, 0) is 39.5 Å². The second kappa shape index (κ2) is 12.1. The maximum atomic E-state index is 13.2. The van der Waals surface area contributed by atoms with E-state index < -0.39 is 15.2 Å². The summed E-state index contributed by atoms with van der Waals surface area (Å²) in [4.78, 5) is 0. The Bertz CT molecular complexity index is 689. The molecule has 0 amide bonds. The zero-order valence-corrected chi connectivity index (χ0v) is 23.3. The lowest BCUT2D eigenvalue weighted by Crippen LogP contribution is -2.08. The van der Waals surface area contributed by atoms with E-state index in [1.807, 2.05) is 6.92 Å². The van der Waals surface area contributed by atoms with Crippen molar-refractivity contribution in [3.63, 3.8) is 0 Å². The van der Waals surface area contributed by atoms with Crippen molar-refractivity contribution >= 4 is 63.0 Å². The Morgan fingerprint density at radius 1 is 0.643 bits per heavy atom. The van der Waals surface area contributed by atoms with Gasteiger partial charge >= 0.3 is 15.2 Å². The average Bonchev–Trinajstić information content (AvgIpc) is 2.62. The van der Waals surface area contributed by atoms with Gasteiger partial charge in [0.2, 0.25) is 0 Å². The molecule has 0 fully saturated rings. The lowest BCUT2D eigenvalue weighted by Gasteiger charge is -2.25. The van der Waals surface area contributed by atoms with Crippen molar-refractivity contribution in [2.45, 2.75) is 46.9 Å². The molecule has 0 N–H and O–H groups in total. The van der Waals surface area contributed by atoms with Gasteiger partial charge in [-0.3, -0.25) is 9.13 Å². The molecule has 6 nitrogen and oxygen atoms in total. The van der Waals surface area contributed by atoms with Crippen LogP contribution in [0, 0.1) is 6.92 Å². The van der Waals surface area contributed by atoms with Crippen LogP contribution in [0.15, 0.2) is 13.4 Å². The van der Waals surface area contributed by atoms with Crippen molar-refractivity contribution in [2.75, 3.05) is 26.4 Å². The van der Waals surface area contributed by atoms with Gasteiger partial charge < -0.3 is 18.1 Å². The van der Waals surface area contributed by atoms with E-state index in [0.29, 0.717) is 10.0 Å². The molecule has 0 atom stereocenters. The summed E-state index contributed by atoms with van der Waals surface area (Å²) in [6.45, 7) is 10.0. The summed E-state index contributed by atoms with van der Waals surface area (Å²) in [6, 6.07) is 0. The Labute approximate surface area is 192 Å². The average molecular weight is 629 g/mol. The monoisotopic (exact) mass is 626 g/mol. The number of benzene rings is 1. The van der Waals surface area contributed by atoms with Crippen molar-refractivity contribution in [1.82, 2.24) is 0 Å². The van der Waals surface area contributed by atoms with Crippen LogP contribution in [0.2, 0.25) is 0 Å². The first-order valence-electron chi connectivity index (χ1n) is 8.99. The highest BCUT2D eigenvalue weighted by Gasteiger charge is 2.33. The van der Waals surface area contributed by atoms with Crippen LogP contribution in [0.5, 0.6) is 0 Å². The van der Waals surface area contributed by atoms with Crippen LogP contribution in [0.1, 0.15) is 44.4 Å². The standard InChI is InChI=1S/C17H27Br3O6P2/c1-6-23-27(21,24-7-2)10-13-12(5)15(18)17(20)16(19)14(13)11-28(22,25-8-3)26-9-4/h6-11H2,1-5H3. The summed E-state index contributed by atoms with van der Waals surface area (Å²) in [7, 11) is -6.76. The third-order valence-corrected chi connectivity index (χ3v) is 11.5. The summed E-state index contributed by atoms with van der Waals surface area (Å²) < 4.78 is 50.6. The SMILES string of the molecule is CCOP(=O)(Cc1c(C)c(Br)c(Br)c(Br)c1CP(=O)(OCC)OCC)OCC. The van der Waals surface area contributed by atoms with Gasteiger partial charge in [0.05, 0.1) is 38.8 Å². The van der Waals surface area contributed by atoms with Gasteiger partial charge in [-0.05, 0) is 99.1 Å². The van der Waals surface area contributed by atoms with E-state index in [9.17, 15) is 9.13 Å². The normalized spacial score (nSPS) is 12.6. The van der Waals surface area contributed by atoms with Gasteiger partial charge in [0.1, 0.15) is 0 Å². The van der Waals surface area contributed by atoms with Crippen molar-refractivity contribution < 1.29 is 27.2 Å². The Kier molecular flexibility index (Phi) is 11.7. The predicted molar refractivity (Wildman–Crippen MR) is 123 cm³/mol. The molecule has 0 aromatic heterocycles. The molecule has 162 valence electrons. The fourth-order valence-corrected chi connectivity index (χ4v) is 8.37. The van der Waals surface area contributed by atoms with Gasteiger partial charge in [0.25, 0.3) is 0 Å². The Morgan fingerprint density at radius 2 is 1.00 bits per heavy atom. The van der Waals surface area contributed by atoms with Crippen LogP contribution in [0.4, 0.5) is 0 Å². The fourth-order valence-electron chi connectivity index (χ4n) is 2.69. The quantitative estimate of drug-likeness (QED) is 0.174. The third kappa shape index (κ3) is 7.00. The summed E-state index contributed by atoms with van der Waals surface area (Å²) in [5, 5.41) is 0. The van der Waals surface area contributed by atoms with E-state index in [4.69, 9.17) is 18.1 Å². The first-order chi connectivity index (χ1) is 13.1. The molecular weight excluding hydrogens is 602 g/mol. The molecule has 0 saturated heterocycles. The van der Waals surface area contributed by atoms with Crippen molar-refractivity contribution in [3.8, 4) is 0 Å². The van der Waals surface area contributed by atoms with Crippen LogP contribution < -0.4 is 0 Å². The van der Waals surface area contributed by atoms with Crippen LogP contribution in [0.3, 0.4) is 0 Å². The summed E-state index contributed by atoms with van der Waals surface area (Å²) in [6.07, 6.45) is 0.0914. The number of hydrogen-bond donors (Lipinski definition) is 0. The molecule has 1 aromatic rings. The van der Waals surface area contributed by atoms with E-state index in [0.717, 1.165) is 20.1 Å². The largest absolute Gasteiger partial charge is 0.335 e. The highest BCUT2D eigenvalue weighted by Crippen LogP contribution is 2.58. The van der Waals surface area contributed by atoms with Gasteiger partial charge in [0, 0.05) is 13.4 Å². The van der Waals surface area contributed by atoms with E-state index in [1.54, 1.807) is 27.7 Å². The van der Waals surface area contributed by atoms with E-state index in [2.05, 4.69) is 47.8 Å². The molecule has 0 aliphatic rings. The minimum Gasteiger partial charge on any atom is -0.309 e. The molecule has 1 aromatic carbocycles. The minimum absolute atomic E-state index is 0.0373. The third-order valence-electron chi connectivity index (χ3n) is 3.80. The zero-order valence-electron chi connectivity index (χ0n) is 16.7. The molecule has 0 radical (unpaired) electrons. The molecule has 0 aliphatic carbocycles.